The van der Waals surface area contributed by atoms with Gasteiger partial charge >= 0.3 is 0 Å². The molecule has 7 nitrogen and oxygen atoms in total. The number of hydrogen-bond acceptors (Lipinski definition) is 5. The maximum Gasteiger partial charge on any atom is 0.232 e. The van der Waals surface area contributed by atoms with Crippen LogP contribution in [0.15, 0.2) is 42.5 Å². The summed E-state index contributed by atoms with van der Waals surface area (Å²) in [5, 5.41) is 2.82. The molecule has 3 rings (SSSR count). The first-order valence-electron chi connectivity index (χ1n) is 8.63. The summed E-state index contributed by atoms with van der Waals surface area (Å²) in [7, 11) is -3.37. The molecule has 0 aromatic heterocycles. The second kappa shape index (κ2) is 7.87. The van der Waals surface area contributed by atoms with Crippen molar-refractivity contribution in [2.75, 3.05) is 35.6 Å². The molecule has 0 unspecified atom stereocenters. The van der Waals surface area contributed by atoms with Gasteiger partial charge < -0.3 is 14.8 Å². The fourth-order valence-electron chi connectivity index (χ4n) is 2.88. The van der Waals surface area contributed by atoms with Crippen LogP contribution < -0.4 is 19.1 Å². The first-order chi connectivity index (χ1) is 12.9. The number of anilines is 2. The minimum Gasteiger partial charge on any atom is -0.494 e. The van der Waals surface area contributed by atoms with E-state index in [1.165, 1.54) is 4.31 Å². The molecule has 1 amide bonds. The van der Waals surface area contributed by atoms with Crippen LogP contribution in [0.4, 0.5) is 11.4 Å². The minimum absolute atomic E-state index is 0.171. The monoisotopic (exact) mass is 390 g/mol. The fourth-order valence-corrected chi connectivity index (χ4v) is 3.79. The third-order valence-corrected chi connectivity index (χ3v) is 5.24. The smallest absolute Gasteiger partial charge is 0.232 e. The molecule has 1 aliphatic heterocycles. The summed E-state index contributed by atoms with van der Waals surface area (Å²) in [6.45, 7) is 3.05. The third-order valence-electron chi connectivity index (χ3n) is 4.06. The summed E-state index contributed by atoms with van der Waals surface area (Å²) >= 11 is 0. The Morgan fingerprint density at radius 3 is 2.63 bits per heavy atom. The molecule has 0 fully saturated rings. The van der Waals surface area contributed by atoms with E-state index in [1.807, 2.05) is 31.2 Å². The Balaban J connectivity index is 1.68. The predicted octanol–water partition coefficient (Wildman–Crippen LogP) is 2.42. The second-order valence-electron chi connectivity index (χ2n) is 6.17. The lowest BCUT2D eigenvalue weighted by Crippen LogP contribution is -2.37. The van der Waals surface area contributed by atoms with Gasteiger partial charge in [-0.15, -0.1) is 0 Å². The van der Waals surface area contributed by atoms with Crippen LogP contribution in [0.2, 0.25) is 0 Å². The van der Waals surface area contributed by atoms with E-state index in [-0.39, 0.29) is 25.5 Å². The predicted molar refractivity (Wildman–Crippen MR) is 104 cm³/mol. The molecule has 2 aromatic carbocycles. The molecule has 0 saturated carbocycles. The summed E-state index contributed by atoms with van der Waals surface area (Å²) in [6.07, 6.45) is 1.38. The number of nitrogens with one attached hydrogen (secondary N) is 1. The molecule has 0 bridgehead atoms. The molecular formula is C19H22N2O5S. The Morgan fingerprint density at radius 2 is 1.96 bits per heavy atom. The largest absolute Gasteiger partial charge is 0.494 e. The van der Waals surface area contributed by atoms with Gasteiger partial charge in [-0.1, -0.05) is 12.1 Å². The van der Waals surface area contributed by atoms with Crippen molar-refractivity contribution in [3.05, 3.63) is 48.0 Å². The number of amides is 1. The summed E-state index contributed by atoms with van der Waals surface area (Å²) in [6, 6.07) is 12.3. The number of carbonyl (C=O) groups excluding carboxylic acids is 1. The van der Waals surface area contributed by atoms with Gasteiger partial charge in [0.25, 0.3) is 0 Å². The van der Waals surface area contributed by atoms with Gasteiger partial charge in [0, 0.05) is 11.8 Å². The lowest BCUT2D eigenvalue weighted by Gasteiger charge is -2.29. The normalized spacial score (nSPS) is 13.5. The average Bonchev–Trinajstić information content (AvgIpc) is 2.62. The Morgan fingerprint density at radius 1 is 1.22 bits per heavy atom. The quantitative estimate of drug-likeness (QED) is 0.819. The van der Waals surface area contributed by atoms with Crippen LogP contribution >= 0.6 is 0 Å². The molecule has 0 spiro atoms. The van der Waals surface area contributed by atoms with Gasteiger partial charge in [-0.2, -0.15) is 0 Å². The van der Waals surface area contributed by atoms with Gasteiger partial charge in [-0.25, -0.2) is 8.42 Å². The molecule has 1 N–H and O–H groups in total. The summed E-state index contributed by atoms with van der Waals surface area (Å²) in [5.74, 6) is 1.03. The van der Waals surface area contributed by atoms with E-state index in [4.69, 9.17) is 9.47 Å². The molecule has 27 heavy (non-hydrogen) atoms. The number of ether oxygens (including phenoxy) is 2. The van der Waals surface area contributed by atoms with E-state index in [9.17, 15) is 13.2 Å². The highest BCUT2D eigenvalue weighted by atomic mass is 32.2. The average molecular weight is 390 g/mol. The fraction of sp³-hybridized carbons (Fsp3) is 0.316. The van der Waals surface area contributed by atoms with Crippen molar-refractivity contribution in [1.29, 1.82) is 0 Å². The number of carbonyl (C=O) groups is 1. The maximum absolute atomic E-state index is 12.3. The van der Waals surface area contributed by atoms with Gasteiger partial charge in [-0.05, 0) is 36.8 Å². The van der Waals surface area contributed by atoms with Crippen molar-refractivity contribution in [1.82, 2.24) is 0 Å². The molecule has 0 radical (unpaired) electrons. The molecule has 0 atom stereocenters. The van der Waals surface area contributed by atoms with Gasteiger partial charge in [0.05, 0.1) is 31.5 Å². The van der Waals surface area contributed by atoms with Crippen molar-refractivity contribution in [3.8, 4) is 11.5 Å². The van der Waals surface area contributed by atoms with E-state index in [1.54, 1.807) is 18.2 Å². The highest BCUT2D eigenvalue weighted by molar-refractivity contribution is 7.92. The topological polar surface area (TPSA) is 84.9 Å². The Hall–Kier alpha value is -2.74. The van der Waals surface area contributed by atoms with Crippen molar-refractivity contribution in [2.45, 2.75) is 13.3 Å². The number of hydrogen-bond donors (Lipinski definition) is 1. The molecule has 8 heteroatoms. The SMILES string of the molecule is CCOc1ccc(CC(=O)Nc2ccc3c(c2)OCCN3S(C)(=O)=O)cc1. The number of rotatable bonds is 6. The number of fused-ring (bicyclic) bond motifs is 1. The molecule has 0 saturated heterocycles. The van der Waals surface area contributed by atoms with E-state index < -0.39 is 10.0 Å². The van der Waals surface area contributed by atoms with Gasteiger partial charge in [0.1, 0.15) is 18.1 Å². The summed E-state index contributed by atoms with van der Waals surface area (Å²) in [5.41, 5.74) is 1.90. The van der Waals surface area contributed by atoms with Crippen LogP contribution in [-0.4, -0.2) is 40.3 Å². The second-order valence-corrected chi connectivity index (χ2v) is 8.07. The first-order valence-corrected chi connectivity index (χ1v) is 10.5. The van der Waals surface area contributed by atoms with Crippen molar-refractivity contribution < 1.29 is 22.7 Å². The van der Waals surface area contributed by atoms with E-state index >= 15 is 0 Å². The zero-order valence-corrected chi connectivity index (χ0v) is 16.1. The maximum atomic E-state index is 12.3. The van der Waals surface area contributed by atoms with Gasteiger partial charge in [-0.3, -0.25) is 9.10 Å². The molecule has 144 valence electrons. The van der Waals surface area contributed by atoms with Crippen molar-refractivity contribution >= 4 is 27.3 Å². The minimum atomic E-state index is -3.37. The highest BCUT2D eigenvalue weighted by Crippen LogP contribution is 2.35. The van der Waals surface area contributed by atoms with Crippen LogP contribution in [0.25, 0.3) is 0 Å². The molecule has 1 aliphatic rings. The Labute approximate surface area is 158 Å². The van der Waals surface area contributed by atoms with Crippen LogP contribution in [0.1, 0.15) is 12.5 Å². The van der Waals surface area contributed by atoms with Crippen molar-refractivity contribution in [3.63, 3.8) is 0 Å². The Bertz CT molecular complexity index is 926. The third kappa shape index (κ3) is 4.71. The van der Waals surface area contributed by atoms with Crippen LogP contribution in [0, 0.1) is 0 Å². The molecule has 1 heterocycles. The van der Waals surface area contributed by atoms with E-state index in [0.717, 1.165) is 17.6 Å². The zero-order valence-electron chi connectivity index (χ0n) is 15.3. The first kappa shape index (κ1) is 19.0. The van der Waals surface area contributed by atoms with Crippen LogP contribution in [-0.2, 0) is 21.2 Å². The van der Waals surface area contributed by atoms with Crippen LogP contribution in [0.5, 0.6) is 11.5 Å². The summed E-state index contributed by atoms with van der Waals surface area (Å²) < 4.78 is 36.0. The molecular weight excluding hydrogens is 368 g/mol. The number of nitrogens with zero attached hydrogens (tertiary/aromatic N) is 1. The Kier molecular flexibility index (Phi) is 5.55. The zero-order chi connectivity index (χ0) is 19.4. The van der Waals surface area contributed by atoms with Crippen LogP contribution in [0.3, 0.4) is 0 Å². The number of sulfonamides is 1. The van der Waals surface area contributed by atoms with Gasteiger partial charge in [0.2, 0.25) is 15.9 Å². The highest BCUT2D eigenvalue weighted by Gasteiger charge is 2.25. The number of benzene rings is 2. The van der Waals surface area contributed by atoms with Gasteiger partial charge in [0.15, 0.2) is 0 Å². The lowest BCUT2D eigenvalue weighted by atomic mass is 10.1. The standard InChI is InChI=1S/C19H22N2O5S/c1-3-25-16-7-4-14(5-8-16)12-19(22)20-15-6-9-17-18(13-15)26-11-10-21(17)27(2,23)24/h4-9,13H,3,10-12H2,1-2H3,(H,20,22). The van der Waals surface area contributed by atoms with Crippen molar-refractivity contribution in [2.24, 2.45) is 0 Å². The van der Waals surface area contributed by atoms with E-state index in [0.29, 0.717) is 23.7 Å². The molecule has 2 aromatic rings. The lowest BCUT2D eigenvalue weighted by molar-refractivity contribution is -0.115. The summed E-state index contributed by atoms with van der Waals surface area (Å²) in [4.78, 5) is 12.3. The molecule has 0 aliphatic carbocycles. The van der Waals surface area contributed by atoms with E-state index in [2.05, 4.69) is 5.32 Å².